The molecule has 0 saturated carbocycles. The van der Waals surface area contributed by atoms with Crippen LogP contribution in [-0.2, 0) is 0 Å². The predicted molar refractivity (Wildman–Crippen MR) is 58.3 cm³/mol. The Hall–Kier alpha value is -0.550. The van der Waals surface area contributed by atoms with E-state index < -0.39 is 20.9 Å². The average Bonchev–Trinajstić information content (AvgIpc) is 1.99. The molecule has 0 saturated heterocycles. The van der Waals surface area contributed by atoms with E-state index in [1.807, 2.05) is 0 Å². The van der Waals surface area contributed by atoms with E-state index in [0.717, 1.165) is 6.07 Å². The molecule has 0 amide bonds. The normalized spacial score (nSPS) is 10.1. The summed E-state index contributed by atoms with van der Waals surface area (Å²) in [6, 6.07) is 1.04. The SMILES string of the molecule is O=C(Cl)c1c(Cl)cc(Cl)c([N+](=O)[O-])c1Cl. The van der Waals surface area contributed by atoms with Crippen LogP contribution in [0.5, 0.6) is 0 Å². The summed E-state index contributed by atoms with van der Waals surface area (Å²) in [5.74, 6) is 0. The third-order valence-electron chi connectivity index (χ3n) is 1.53. The monoisotopic (exact) mass is 287 g/mol. The van der Waals surface area contributed by atoms with Crippen LogP contribution in [0.15, 0.2) is 6.07 Å². The molecule has 0 heterocycles. The average molecular weight is 289 g/mol. The zero-order valence-corrected chi connectivity index (χ0v) is 9.78. The van der Waals surface area contributed by atoms with Crippen molar-refractivity contribution in [3.8, 4) is 0 Å². The molecule has 15 heavy (non-hydrogen) atoms. The van der Waals surface area contributed by atoms with Crippen molar-refractivity contribution >= 4 is 57.3 Å². The number of hydrogen-bond donors (Lipinski definition) is 0. The molecule has 0 aliphatic carbocycles. The van der Waals surface area contributed by atoms with Crippen LogP contribution in [0.1, 0.15) is 10.4 Å². The van der Waals surface area contributed by atoms with Crippen molar-refractivity contribution in [2.75, 3.05) is 0 Å². The molecule has 0 atom stereocenters. The summed E-state index contributed by atoms with van der Waals surface area (Å²) in [5.41, 5.74) is -0.914. The summed E-state index contributed by atoms with van der Waals surface area (Å²) in [4.78, 5) is 20.7. The highest BCUT2D eigenvalue weighted by molar-refractivity contribution is 6.70. The van der Waals surface area contributed by atoms with Crippen molar-refractivity contribution in [1.82, 2.24) is 0 Å². The second kappa shape index (κ2) is 4.53. The molecule has 0 spiro atoms. The molecule has 0 radical (unpaired) electrons. The Balaban J connectivity index is 3.64. The van der Waals surface area contributed by atoms with Gasteiger partial charge in [0.05, 0.1) is 15.5 Å². The number of halogens is 4. The highest BCUT2D eigenvalue weighted by Gasteiger charge is 2.26. The molecule has 1 rings (SSSR count). The fourth-order valence-corrected chi connectivity index (χ4v) is 2.29. The van der Waals surface area contributed by atoms with Crippen molar-refractivity contribution in [2.45, 2.75) is 0 Å². The minimum Gasteiger partial charge on any atom is -0.275 e. The van der Waals surface area contributed by atoms with Crippen LogP contribution in [0, 0.1) is 10.1 Å². The number of nitrogens with zero attached hydrogens (tertiary/aromatic N) is 1. The maximum absolute atomic E-state index is 10.9. The molecule has 0 bridgehead atoms. The number of nitro groups is 1. The molecule has 0 aliphatic rings. The molecule has 80 valence electrons. The van der Waals surface area contributed by atoms with Crippen molar-refractivity contribution in [1.29, 1.82) is 0 Å². The maximum atomic E-state index is 10.9. The van der Waals surface area contributed by atoms with Gasteiger partial charge in [0.15, 0.2) is 0 Å². The van der Waals surface area contributed by atoms with E-state index >= 15 is 0 Å². The molecular formula is C7HCl4NO3. The van der Waals surface area contributed by atoms with Crippen LogP contribution >= 0.6 is 46.4 Å². The van der Waals surface area contributed by atoms with Crippen LogP contribution in [-0.4, -0.2) is 10.2 Å². The van der Waals surface area contributed by atoms with E-state index in [-0.39, 0.29) is 15.6 Å². The smallest absolute Gasteiger partial charge is 0.275 e. The second-order valence-corrected chi connectivity index (χ2v) is 3.94. The zero-order valence-electron chi connectivity index (χ0n) is 6.76. The Bertz CT molecular complexity index is 422. The summed E-state index contributed by atoms with van der Waals surface area (Å²) in [5, 5.41) is 8.74. The first-order valence-electron chi connectivity index (χ1n) is 3.38. The van der Waals surface area contributed by atoms with Crippen LogP contribution < -0.4 is 0 Å². The van der Waals surface area contributed by atoms with Crippen LogP contribution in [0.2, 0.25) is 15.1 Å². The molecule has 0 fully saturated rings. The quantitative estimate of drug-likeness (QED) is 0.470. The fourth-order valence-electron chi connectivity index (χ4n) is 0.927. The van der Waals surface area contributed by atoms with Gasteiger partial charge in [-0.25, -0.2) is 0 Å². The topological polar surface area (TPSA) is 60.2 Å². The van der Waals surface area contributed by atoms with E-state index in [2.05, 4.69) is 0 Å². The van der Waals surface area contributed by atoms with Crippen molar-refractivity contribution < 1.29 is 9.72 Å². The van der Waals surface area contributed by atoms with Gasteiger partial charge in [0.2, 0.25) is 0 Å². The van der Waals surface area contributed by atoms with E-state index in [0.29, 0.717) is 0 Å². The van der Waals surface area contributed by atoms with E-state index in [4.69, 9.17) is 46.4 Å². The van der Waals surface area contributed by atoms with Crippen molar-refractivity contribution in [3.63, 3.8) is 0 Å². The molecule has 0 unspecified atom stereocenters. The third-order valence-corrected chi connectivity index (χ3v) is 2.67. The Labute approximate surface area is 104 Å². The Morgan fingerprint density at radius 2 is 1.80 bits per heavy atom. The van der Waals surface area contributed by atoms with Gasteiger partial charge in [-0.3, -0.25) is 14.9 Å². The number of benzene rings is 1. The Kier molecular flexibility index (Phi) is 3.78. The van der Waals surface area contributed by atoms with Crippen LogP contribution in [0.25, 0.3) is 0 Å². The largest absolute Gasteiger partial charge is 0.307 e. The maximum Gasteiger partial charge on any atom is 0.307 e. The summed E-state index contributed by atoms with van der Waals surface area (Å²) >= 11 is 21.9. The lowest BCUT2D eigenvalue weighted by molar-refractivity contribution is -0.384. The molecule has 0 aromatic heterocycles. The number of nitro benzene ring substituents is 1. The van der Waals surface area contributed by atoms with Gasteiger partial charge in [0.1, 0.15) is 10.0 Å². The molecule has 1 aromatic rings. The van der Waals surface area contributed by atoms with E-state index in [1.165, 1.54) is 0 Å². The number of rotatable bonds is 2. The van der Waals surface area contributed by atoms with Gasteiger partial charge in [0, 0.05) is 0 Å². The second-order valence-electron chi connectivity index (χ2n) is 2.41. The van der Waals surface area contributed by atoms with Gasteiger partial charge in [-0.05, 0) is 17.7 Å². The highest BCUT2D eigenvalue weighted by atomic mass is 35.5. The molecule has 0 N–H and O–H groups in total. The molecular weight excluding hydrogens is 288 g/mol. The van der Waals surface area contributed by atoms with Gasteiger partial charge in [-0.1, -0.05) is 34.8 Å². The lowest BCUT2D eigenvalue weighted by Crippen LogP contribution is -1.98. The predicted octanol–water partition coefficient (Wildman–Crippen LogP) is 3.93. The van der Waals surface area contributed by atoms with Gasteiger partial charge in [-0.2, -0.15) is 0 Å². The first-order valence-corrected chi connectivity index (χ1v) is 4.89. The summed E-state index contributed by atoms with van der Waals surface area (Å²) in [6.07, 6.45) is 0. The molecule has 1 aromatic carbocycles. The lowest BCUT2D eigenvalue weighted by Gasteiger charge is -2.04. The number of hydrogen-bond acceptors (Lipinski definition) is 3. The minimum absolute atomic E-state index is 0.129. The zero-order chi connectivity index (χ0) is 11.7. The van der Waals surface area contributed by atoms with E-state index in [9.17, 15) is 14.9 Å². The Morgan fingerprint density at radius 3 is 2.20 bits per heavy atom. The van der Waals surface area contributed by atoms with Gasteiger partial charge >= 0.3 is 5.69 Å². The number of carbonyl (C=O) groups excluding carboxylic acids is 1. The minimum atomic E-state index is -0.982. The highest BCUT2D eigenvalue weighted by Crippen LogP contribution is 2.39. The van der Waals surface area contributed by atoms with E-state index in [1.54, 1.807) is 0 Å². The first kappa shape index (κ1) is 12.5. The lowest BCUT2D eigenvalue weighted by atomic mass is 10.2. The third kappa shape index (κ3) is 2.34. The number of carbonyl (C=O) groups is 1. The molecule has 8 heteroatoms. The summed E-state index contributed by atoms with van der Waals surface area (Å²) in [7, 11) is 0. The summed E-state index contributed by atoms with van der Waals surface area (Å²) < 4.78 is 0. The van der Waals surface area contributed by atoms with Crippen molar-refractivity contribution in [2.24, 2.45) is 0 Å². The van der Waals surface area contributed by atoms with Crippen LogP contribution in [0.4, 0.5) is 5.69 Å². The molecule has 4 nitrogen and oxygen atoms in total. The summed E-state index contributed by atoms with van der Waals surface area (Å²) in [6.45, 7) is 0. The van der Waals surface area contributed by atoms with Crippen LogP contribution in [0.3, 0.4) is 0 Å². The van der Waals surface area contributed by atoms with Gasteiger partial charge in [-0.15, -0.1) is 0 Å². The van der Waals surface area contributed by atoms with Gasteiger partial charge in [0.25, 0.3) is 5.24 Å². The first-order chi connectivity index (χ1) is 6.86. The Morgan fingerprint density at radius 1 is 1.27 bits per heavy atom. The van der Waals surface area contributed by atoms with Gasteiger partial charge < -0.3 is 0 Å². The fraction of sp³-hybridized carbons (Fsp3) is 0. The standard InChI is InChI=1S/C7HCl4NO3/c8-2-1-3(9)6(12(14)15)5(10)4(2)7(11)13/h1H. The van der Waals surface area contributed by atoms with Crippen molar-refractivity contribution in [3.05, 3.63) is 36.8 Å². The molecule has 0 aliphatic heterocycles.